The van der Waals surface area contributed by atoms with Crippen molar-refractivity contribution in [3.05, 3.63) is 53.8 Å². The lowest BCUT2D eigenvalue weighted by Crippen LogP contribution is -2.47. The molecule has 0 radical (unpaired) electrons. The van der Waals surface area contributed by atoms with Crippen LogP contribution in [0.4, 0.5) is 4.39 Å². The second-order valence-electron chi connectivity index (χ2n) is 5.46. The summed E-state index contributed by atoms with van der Waals surface area (Å²) in [6.07, 6.45) is -0.898. The van der Waals surface area contributed by atoms with Gasteiger partial charge < -0.3 is 14.2 Å². The van der Waals surface area contributed by atoms with Crippen LogP contribution < -0.4 is 25.1 Å². The van der Waals surface area contributed by atoms with Gasteiger partial charge in [-0.05, 0) is 56.3 Å². The summed E-state index contributed by atoms with van der Waals surface area (Å²) in [6.45, 7) is 3.80. The normalized spacial score (nSPS) is 11.3. The number of nitrogens with one attached hydrogen (secondary N) is 2. The number of benzene rings is 2. The summed E-state index contributed by atoms with van der Waals surface area (Å²) in [4.78, 5) is 24.2. The second kappa shape index (κ2) is 9.42. The van der Waals surface area contributed by atoms with Crippen molar-refractivity contribution < 1.29 is 28.2 Å². The summed E-state index contributed by atoms with van der Waals surface area (Å²) in [5.41, 5.74) is 4.86. The SMILES string of the molecule is CCOc1ccc(C(=O)NNC(=O)[C@H](C)Oc2ccc(F)cc2)cc1OC. The van der Waals surface area contributed by atoms with Gasteiger partial charge in [-0.2, -0.15) is 0 Å². The summed E-state index contributed by atoms with van der Waals surface area (Å²) < 4.78 is 28.8. The van der Waals surface area contributed by atoms with Crippen molar-refractivity contribution in [2.75, 3.05) is 13.7 Å². The first-order valence-electron chi connectivity index (χ1n) is 8.27. The molecule has 0 bridgehead atoms. The van der Waals surface area contributed by atoms with Gasteiger partial charge in [-0.1, -0.05) is 0 Å². The highest BCUT2D eigenvalue weighted by molar-refractivity contribution is 5.96. The molecule has 0 aromatic heterocycles. The van der Waals surface area contributed by atoms with Crippen molar-refractivity contribution >= 4 is 11.8 Å². The van der Waals surface area contributed by atoms with Gasteiger partial charge in [-0.15, -0.1) is 0 Å². The Balaban J connectivity index is 1.92. The minimum atomic E-state index is -0.898. The Kier molecular flexibility index (Phi) is 6.99. The number of halogens is 1. The van der Waals surface area contributed by atoms with E-state index < -0.39 is 23.7 Å². The van der Waals surface area contributed by atoms with Gasteiger partial charge in [0, 0.05) is 5.56 Å². The summed E-state index contributed by atoms with van der Waals surface area (Å²) in [5, 5.41) is 0. The molecule has 2 amide bonds. The largest absolute Gasteiger partial charge is 0.493 e. The van der Waals surface area contributed by atoms with Crippen LogP contribution >= 0.6 is 0 Å². The molecule has 0 heterocycles. The van der Waals surface area contributed by atoms with Crippen LogP contribution in [0.1, 0.15) is 24.2 Å². The Hall–Kier alpha value is -3.29. The standard InChI is InChI=1S/C19H21FN2O5/c1-4-26-16-10-5-13(11-17(16)25-3)19(24)22-21-18(23)12(2)27-15-8-6-14(20)7-9-15/h5-12H,4H2,1-3H3,(H,21,23)(H,22,24)/t12-/m0/s1. The predicted molar refractivity (Wildman–Crippen MR) is 96.3 cm³/mol. The van der Waals surface area contributed by atoms with Gasteiger partial charge in [0.25, 0.3) is 11.8 Å². The molecule has 1 atom stereocenters. The van der Waals surface area contributed by atoms with E-state index in [1.165, 1.54) is 44.4 Å². The van der Waals surface area contributed by atoms with Gasteiger partial charge in [0.1, 0.15) is 11.6 Å². The van der Waals surface area contributed by atoms with Crippen LogP contribution in [0, 0.1) is 5.82 Å². The molecule has 144 valence electrons. The third-order valence-corrected chi connectivity index (χ3v) is 3.52. The average molecular weight is 376 g/mol. The molecule has 0 aliphatic carbocycles. The summed E-state index contributed by atoms with van der Waals surface area (Å²) in [7, 11) is 1.47. The van der Waals surface area contributed by atoms with Crippen molar-refractivity contribution in [1.82, 2.24) is 10.9 Å². The fraction of sp³-hybridized carbons (Fsp3) is 0.263. The minimum Gasteiger partial charge on any atom is -0.493 e. The molecule has 2 aromatic rings. The molecular formula is C19H21FN2O5. The lowest BCUT2D eigenvalue weighted by molar-refractivity contribution is -0.128. The zero-order valence-electron chi connectivity index (χ0n) is 15.2. The van der Waals surface area contributed by atoms with Gasteiger partial charge >= 0.3 is 0 Å². The third-order valence-electron chi connectivity index (χ3n) is 3.52. The number of hydrogen-bond donors (Lipinski definition) is 2. The smallest absolute Gasteiger partial charge is 0.279 e. The highest BCUT2D eigenvalue weighted by atomic mass is 19.1. The molecule has 0 unspecified atom stereocenters. The van der Waals surface area contributed by atoms with Gasteiger partial charge in [0.05, 0.1) is 13.7 Å². The van der Waals surface area contributed by atoms with Crippen LogP contribution in [0.25, 0.3) is 0 Å². The molecular weight excluding hydrogens is 355 g/mol. The van der Waals surface area contributed by atoms with Crippen LogP contribution in [0.15, 0.2) is 42.5 Å². The number of amides is 2. The average Bonchev–Trinajstić information content (AvgIpc) is 2.68. The van der Waals surface area contributed by atoms with E-state index in [2.05, 4.69) is 10.9 Å². The molecule has 0 saturated heterocycles. The van der Waals surface area contributed by atoms with E-state index in [-0.39, 0.29) is 5.56 Å². The lowest BCUT2D eigenvalue weighted by atomic mass is 10.2. The quantitative estimate of drug-likeness (QED) is 0.725. The molecule has 0 fully saturated rings. The zero-order chi connectivity index (χ0) is 19.8. The minimum absolute atomic E-state index is 0.280. The van der Waals surface area contributed by atoms with Crippen molar-refractivity contribution in [2.45, 2.75) is 20.0 Å². The van der Waals surface area contributed by atoms with E-state index >= 15 is 0 Å². The number of ether oxygens (including phenoxy) is 3. The first-order valence-corrected chi connectivity index (χ1v) is 8.27. The van der Waals surface area contributed by atoms with Crippen LogP contribution in [0.2, 0.25) is 0 Å². The molecule has 2 N–H and O–H groups in total. The Bertz CT molecular complexity index is 795. The van der Waals surface area contributed by atoms with E-state index in [1.54, 1.807) is 12.1 Å². The first kappa shape index (κ1) is 20.0. The Morgan fingerprint density at radius 3 is 2.41 bits per heavy atom. The lowest BCUT2D eigenvalue weighted by Gasteiger charge is -2.15. The second-order valence-corrected chi connectivity index (χ2v) is 5.46. The maximum atomic E-state index is 12.9. The van der Waals surface area contributed by atoms with Crippen molar-refractivity contribution in [1.29, 1.82) is 0 Å². The van der Waals surface area contributed by atoms with Gasteiger partial charge in [-0.25, -0.2) is 4.39 Å². The number of carbonyl (C=O) groups excluding carboxylic acids is 2. The van der Waals surface area contributed by atoms with Crippen LogP contribution in [0.5, 0.6) is 17.2 Å². The Labute approximate surface area is 156 Å². The molecule has 2 aromatic carbocycles. The Morgan fingerprint density at radius 1 is 1.07 bits per heavy atom. The van der Waals surface area contributed by atoms with Crippen molar-refractivity contribution in [3.63, 3.8) is 0 Å². The van der Waals surface area contributed by atoms with Crippen LogP contribution in [-0.2, 0) is 4.79 Å². The first-order chi connectivity index (χ1) is 12.9. The van der Waals surface area contributed by atoms with Crippen molar-refractivity contribution in [3.8, 4) is 17.2 Å². The topological polar surface area (TPSA) is 85.9 Å². The number of rotatable bonds is 7. The van der Waals surface area contributed by atoms with E-state index in [0.29, 0.717) is 23.9 Å². The van der Waals surface area contributed by atoms with E-state index in [4.69, 9.17) is 14.2 Å². The van der Waals surface area contributed by atoms with Gasteiger partial charge in [0.2, 0.25) is 0 Å². The molecule has 2 rings (SSSR count). The van der Waals surface area contributed by atoms with Crippen molar-refractivity contribution in [2.24, 2.45) is 0 Å². The summed E-state index contributed by atoms with van der Waals surface area (Å²) >= 11 is 0. The third kappa shape index (κ3) is 5.60. The monoisotopic (exact) mass is 376 g/mol. The van der Waals surface area contributed by atoms with E-state index in [0.717, 1.165) is 0 Å². The fourth-order valence-corrected chi connectivity index (χ4v) is 2.15. The number of hydrazine groups is 1. The molecule has 0 aliphatic rings. The maximum Gasteiger partial charge on any atom is 0.279 e. The van der Waals surface area contributed by atoms with Gasteiger partial charge in [0.15, 0.2) is 17.6 Å². The maximum absolute atomic E-state index is 12.9. The number of methoxy groups -OCH3 is 1. The van der Waals surface area contributed by atoms with Crippen LogP contribution in [-0.4, -0.2) is 31.6 Å². The molecule has 27 heavy (non-hydrogen) atoms. The molecule has 0 spiro atoms. The molecule has 8 heteroatoms. The zero-order valence-corrected chi connectivity index (χ0v) is 15.2. The fourth-order valence-electron chi connectivity index (χ4n) is 2.15. The van der Waals surface area contributed by atoms with Gasteiger partial charge in [-0.3, -0.25) is 20.4 Å². The molecule has 0 saturated carbocycles. The highest BCUT2D eigenvalue weighted by Gasteiger charge is 2.17. The molecule has 0 aliphatic heterocycles. The highest BCUT2D eigenvalue weighted by Crippen LogP contribution is 2.27. The van der Waals surface area contributed by atoms with Crippen LogP contribution in [0.3, 0.4) is 0 Å². The summed E-state index contributed by atoms with van der Waals surface area (Å²) in [5.74, 6) is -0.242. The Morgan fingerprint density at radius 2 is 1.78 bits per heavy atom. The number of carbonyl (C=O) groups is 2. The van der Waals surface area contributed by atoms with E-state index in [9.17, 15) is 14.0 Å². The summed E-state index contributed by atoms with van der Waals surface area (Å²) in [6, 6.07) is 9.92. The number of hydrogen-bond acceptors (Lipinski definition) is 5. The molecule has 7 nitrogen and oxygen atoms in total. The van der Waals surface area contributed by atoms with E-state index in [1.807, 2.05) is 6.92 Å². The predicted octanol–water partition coefficient (Wildman–Crippen LogP) is 2.46.